The quantitative estimate of drug-likeness (QED) is 0.707. The van der Waals surface area contributed by atoms with Gasteiger partial charge in [-0.2, -0.15) is 0 Å². The van der Waals surface area contributed by atoms with Gasteiger partial charge in [-0.15, -0.1) is 0 Å². The Balaban J connectivity index is 1.77. The van der Waals surface area contributed by atoms with Crippen LogP contribution in [0.2, 0.25) is 0 Å². The van der Waals surface area contributed by atoms with Crippen LogP contribution >= 0.6 is 0 Å². The Bertz CT molecular complexity index is 781. The molecule has 0 radical (unpaired) electrons. The molecule has 0 fully saturated rings. The van der Waals surface area contributed by atoms with Gasteiger partial charge in [0.15, 0.2) is 0 Å². The molecular formula is C20H18N2O2. The topological polar surface area (TPSA) is 43.2 Å². The third-order valence-corrected chi connectivity index (χ3v) is 3.35. The van der Waals surface area contributed by atoms with Gasteiger partial charge in [0.2, 0.25) is 0 Å². The van der Waals surface area contributed by atoms with Crippen LogP contribution in [0.25, 0.3) is 0 Å². The molecule has 120 valence electrons. The first-order valence-corrected chi connectivity index (χ1v) is 7.75. The molecule has 2 aliphatic rings. The molecule has 24 heavy (non-hydrogen) atoms. The van der Waals surface area contributed by atoms with Crippen molar-refractivity contribution in [3.05, 3.63) is 90.3 Å². The highest BCUT2D eigenvalue weighted by Gasteiger charge is 2.22. The number of aliphatic imine (C=N–C) groups is 2. The standard InChI is InChI=1S/C20H18N2O2/c1-4-11-21-16-22-12-6-8-17-7-2-3-9-19(17)24-20-15-18(20)10-14-23-13-5-1/h1-7,9-14,16H,8,15H2/b4-1+,12-6-,13-5-,14-10+,21-11-,22-16+. The van der Waals surface area contributed by atoms with Crippen molar-refractivity contribution in [3.8, 4) is 5.75 Å². The fourth-order valence-corrected chi connectivity index (χ4v) is 2.06. The zero-order chi connectivity index (χ0) is 16.5. The molecule has 3 rings (SSSR count). The molecule has 0 unspecified atom stereocenters. The number of allylic oxidation sites excluding steroid dienone is 7. The Hall–Kier alpha value is -3.14. The predicted octanol–water partition coefficient (Wildman–Crippen LogP) is 4.49. The molecule has 0 saturated heterocycles. The van der Waals surface area contributed by atoms with Crippen LogP contribution in [0, 0.1) is 0 Å². The Labute approximate surface area is 141 Å². The summed E-state index contributed by atoms with van der Waals surface area (Å²) in [5.74, 6) is 1.87. The third-order valence-electron chi connectivity index (χ3n) is 3.35. The summed E-state index contributed by atoms with van der Waals surface area (Å²) in [6, 6.07) is 8.02. The van der Waals surface area contributed by atoms with Crippen LogP contribution in [-0.2, 0) is 11.2 Å². The van der Waals surface area contributed by atoms with Crippen LogP contribution in [0.15, 0.2) is 94.7 Å². The molecule has 1 aromatic carbocycles. The first-order chi connectivity index (χ1) is 11.9. The Morgan fingerprint density at radius 3 is 2.92 bits per heavy atom. The van der Waals surface area contributed by atoms with Crippen molar-refractivity contribution >= 4 is 12.6 Å². The maximum absolute atomic E-state index is 5.98. The maximum atomic E-state index is 5.98. The zero-order valence-electron chi connectivity index (χ0n) is 13.2. The van der Waals surface area contributed by atoms with Crippen molar-refractivity contribution in [2.45, 2.75) is 12.8 Å². The van der Waals surface area contributed by atoms with Crippen LogP contribution in [-0.4, -0.2) is 12.6 Å². The van der Waals surface area contributed by atoms with Crippen molar-refractivity contribution in [2.75, 3.05) is 0 Å². The lowest BCUT2D eigenvalue weighted by Crippen LogP contribution is -1.91. The SMILES string of the molecule is C1=C/O/C=C/C2=C(C2)Oc2ccccc2C\C=C/N=C/N=C\C=C\1. The lowest BCUT2D eigenvalue weighted by atomic mass is 10.1. The van der Waals surface area contributed by atoms with Crippen LogP contribution in [0.1, 0.15) is 12.0 Å². The molecule has 1 aliphatic heterocycles. The predicted molar refractivity (Wildman–Crippen MR) is 97.0 cm³/mol. The average molecular weight is 318 g/mol. The monoisotopic (exact) mass is 318 g/mol. The summed E-state index contributed by atoms with van der Waals surface area (Å²) in [6.07, 6.45) is 19.1. The molecule has 4 nitrogen and oxygen atoms in total. The highest BCUT2D eigenvalue weighted by molar-refractivity contribution is 5.80. The number of benzene rings is 1. The van der Waals surface area contributed by atoms with Gasteiger partial charge in [-0.1, -0.05) is 30.4 Å². The van der Waals surface area contributed by atoms with E-state index in [0.29, 0.717) is 0 Å². The van der Waals surface area contributed by atoms with Crippen molar-refractivity contribution < 1.29 is 9.47 Å². The highest BCUT2D eigenvalue weighted by Crippen LogP contribution is 2.35. The Morgan fingerprint density at radius 1 is 0.958 bits per heavy atom. The number of hydrogen-bond acceptors (Lipinski definition) is 4. The Morgan fingerprint density at radius 2 is 1.92 bits per heavy atom. The first-order valence-electron chi connectivity index (χ1n) is 7.75. The summed E-state index contributed by atoms with van der Waals surface area (Å²) in [6.45, 7) is 0. The van der Waals surface area contributed by atoms with E-state index in [4.69, 9.17) is 9.47 Å². The number of rotatable bonds is 0. The van der Waals surface area contributed by atoms with Crippen LogP contribution in [0.5, 0.6) is 5.75 Å². The number of ether oxygens (including phenoxy) is 2. The molecule has 0 atom stereocenters. The summed E-state index contributed by atoms with van der Waals surface area (Å²) in [5.41, 5.74) is 2.27. The minimum absolute atomic E-state index is 0.753. The van der Waals surface area contributed by atoms with E-state index in [1.54, 1.807) is 37.1 Å². The second kappa shape index (κ2) is 8.48. The number of hydrogen-bond donors (Lipinski definition) is 0. The summed E-state index contributed by atoms with van der Waals surface area (Å²) < 4.78 is 11.3. The van der Waals surface area contributed by atoms with E-state index >= 15 is 0 Å². The fraction of sp³-hybridized carbons (Fsp3) is 0.100. The van der Waals surface area contributed by atoms with E-state index < -0.39 is 0 Å². The van der Waals surface area contributed by atoms with Gasteiger partial charge in [-0.3, -0.25) is 0 Å². The van der Waals surface area contributed by atoms with Gasteiger partial charge in [0.05, 0.1) is 12.5 Å². The van der Waals surface area contributed by atoms with Crippen molar-refractivity contribution in [1.29, 1.82) is 0 Å². The molecule has 0 saturated carbocycles. The minimum atomic E-state index is 0.753. The summed E-state index contributed by atoms with van der Waals surface area (Å²) in [5, 5.41) is 0. The highest BCUT2D eigenvalue weighted by atomic mass is 16.5. The molecule has 0 aromatic heterocycles. The molecule has 0 bridgehead atoms. The Kier molecular flexibility index (Phi) is 5.56. The number of fused-ring (bicyclic) bond motifs is 1. The van der Waals surface area contributed by atoms with E-state index in [1.165, 1.54) is 6.34 Å². The second-order valence-electron chi connectivity index (χ2n) is 5.14. The fourth-order valence-electron chi connectivity index (χ4n) is 2.06. The van der Waals surface area contributed by atoms with Crippen molar-refractivity contribution in [1.82, 2.24) is 0 Å². The average Bonchev–Trinajstić information content (AvgIpc) is 3.33. The van der Waals surface area contributed by atoms with Gasteiger partial charge in [0.1, 0.15) is 17.8 Å². The molecule has 0 amide bonds. The smallest absolute Gasteiger partial charge is 0.130 e. The molecule has 1 aliphatic carbocycles. The first kappa shape index (κ1) is 15.7. The molecule has 4 heteroatoms. The van der Waals surface area contributed by atoms with E-state index in [1.807, 2.05) is 36.4 Å². The summed E-state index contributed by atoms with van der Waals surface area (Å²) >= 11 is 0. The number of para-hydroxylation sites is 1. The largest absolute Gasteiger partial charge is 0.473 e. The van der Waals surface area contributed by atoms with Gasteiger partial charge in [-0.25, -0.2) is 9.98 Å². The minimum Gasteiger partial charge on any atom is -0.473 e. The van der Waals surface area contributed by atoms with Gasteiger partial charge in [0.25, 0.3) is 0 Å². The summed E-state index contributed by atoms with van der Waals surface area (Å²) in [4.78, 5) is 8.14. The normalized spacial score (nSPS) is 25.2. The van der Waals surface area contributed by atoms with Gasteiger partial charge in [0, 0.05) is 24.4 Å². The molecule has 1 heterocycles. The van der Waals surface area contributed by atoms with Gasteiger partial charge in [-0.05, 0) is 36.3 Å². The van der Waals surface area contributed by atoms with Crippen molar-refractivity contribution in [3.63, 3.8) is 0 Å². The van der Waals surface area contributed by atoms with Crippen LogP contribution in [0.4, 0.5) is 0 Å². The lowest BCUT2D eigenvalue weighted by molar-refractivity contribution is 0.402. The second-order valence-corrected chi connectivity index (χ2v) is 5.14. The third kappa shape index (κ3) is 4.95. The van der Waals surface area contributed by atoms with Crippen LogP contribution in [0.3, 0.4) is 0 Å². The van der Waals surface area contributed by atoms with E-state index in [-0.39, 0.29) is 0 Å². The van der Waals surface area contributed by atoms with Gasteiger partial charge >= 0.3 is 0 Å². The van der Waals surface area contributed by atoms with E-state index in [0.717, 1.165) is 35.5 Å². The summed E-state index contributed by atoms with van der Waals surface area (Å²) in [7, 11) is 0. The van der Waals surface area contributed by atoms with Gasteiger partial charge < -0.3 is 9.47 Å². The van der Waals surface area contributed by atoms with E-state index in [9.17, 15) is 0 Å². The van der Waals surface area contributed by atoms with Crippen LogP contribution < -0.4 is 4.74 Å². The molecule has 0 spiro atoms. The van der Waals surface area contributed by atoms with E-state index in [2.05, 4.69) is 16.1 Å². The molecule has 1 aromatic rings. The maximum Gasteiger partial charge on any atom is 0.130 e. The molecule has 0 N–H and O–H groups in total. The van der Waals surface area contributed by atoms with Crippen molar-refractivity contribution in [2.24, 2.45) is 9.98 Å². The zero-order valence-corrected chi connectivity index (χ0v) is 13.2. The lowest BCUT2D eigenvalue weighted by Gasteiger charge is -2.06. The number of nitrogens with zero attached hydrogens (tertiary/aromatic N) is 2. The molecular weight excluding hydrogens is 300 g/mol.